The molecule has 0 N–H and O–H groups in total. The molecule has 0 atom stereocenters. The Hall–Kier alpha value is -1.46. The first kappa shape index (κ1) is 12.0. The summed E-state index contributed by atoms with van der Waals surface area (Å²) in [4.78, 5) is 18.2. The van der Waals surface area contributed by atoms with Gasteiger partial charge in [-0.25, -0.2) is 0 Å². The van der Waals surface area contributed by atoms with Gasteiger partial charge in [-0.2, -0.15) is 0 Å². The lowest BCUT2D eigenvalue weighted by molar-refractivity contribution is -0.121. The summed E-state index contributed by atoms with van der Waals surface area (Å²) >= 11 is 6.45. The van der Waals surface area contributed by atoms with Crippen LogP contribution in [-0.4, -0.2) is 26.7 Å². The Morgan fingerprint density at radius 1 is 1.59 bits per heavy atom. The van der Waals surface area contributed by atoms with Crippen LogP contribution >= 0.6 is 24.0 Å². The molecule has 0 radical (unpaired) electrons. The highest BCUT2D eigenvalue weighted by molar-refractivity contribution is 8.26. The van der Waals surface area contributed by atoms with Gasteiger partial charge in [0.15, 0.2) is 0 Å². The summed E-state index contributed by atoms with van der Waals surface area (Å²) in [6, 6.07) is 3.73. The van der Waals surface area contributed by atoms with Crippen molar-refractivity contribution in [2.45, 2.75) is 0 Å². The maximum atomic E-state index is 12.0. The van der Waals surface area contributed by atoms with E-state index in [1.54, 1.807) is 24.5 Å². The predicted octanol–water partition coefficient (Wildman–Crippen LogP) is 2.47. The molecule has 0 bridgehead atoms. The van der Waals surface area contributed by atoms with Gasteiger partial charge in [0.05, 0.1) is 4.91 Å². The molecule has 0 aliphatic carbocycles. The lowest BCUT2D eigenvalue weighted by atomic mass is 10.2. The summed E-state index contributed by atoms with van der Waals surface area (Å²) in [7, 11) is 0. The number of nitrogens with zero attached hydrogens (tertiary/aromatic N) is 2. The molecule has 1 aromatic rings. The van der Waals surface area contributed by atoms with Crippen LogP contribution in [0.25, 0.3) is 6.08 Å². The monoisotopic (exact) mass is 262 g/mol. The van der Waals surface area contributed by atoms with Crippen molar-refractivity contribution in [1.82, 2.24) is 9.88 Å². The van der Waals surface area contributed by atoms with E-state index in [4.69, 9.17) is 12.2 Å². The highest BCUT2D eigenvalue weighted by Crippen LogP contribution is 2.32. The van der Waals surface area contributed by atoms with Crippen molar-refractivity contribution in [3.05, 3.63) is 47.6 Å². The molecule has 1 aliphatic heterocycles. The minimum atomic E-state index is -0.0660. The maximum absolute atomic E-state index is 12.0. The van der Waals surface area contributed by atoms with Gasteiger partial charge in [-0.05, 0) is 17.7 Å². The second kappa shape index (κ2) is 5.25. The minimum Gasteiger partial charge on any atom is -0.289 e. The number of rotatable bonds is 3. The number of pyridine rings is 1. The van der Waals surface area contributed by atoms with Crippen molar-refractivity contribution >= 4 is 40.3 Å². The largest absolute Gasteiger partial charge is 0.289 e. The fourth-order valence-electron chi connectivity index (χ4n) is 1.40. The first-order chi connectivity index (χ1) is 8.22. The van der Waals surface area contributed by atoms with E-state index in [1.807, 2.05) is 12.1 Å². The molecule has 0 unspecified atom stereocenters. The van der Waals surface area contributed by atoms with Gasteiger partial charge >= 0.3 is 0 Å². The van der Waals surface area contributed by atoms with E-state index < -0.39 is 0 Å². The van der Waals surface area contributed by atoms with Crippen LogP contribution in [0.5, 0.6) is 0 Å². The highest BCUT2D eigenvalue weighted by atomic mass is 32.2. The Labute approximate surface area is 109 Å². The molecule has 86 valence electrons. The summed E-state index contributed by atoms with van der Waals surface area (Å²) in [5.74, 6) is -0.0660. The second-order valence-electron chi connectivity index (χ2n) is 3.37. The Morgan fingerprint density at radius 3 is 3.06 bits per heavy atom. The molecule has 1 saturated heterocycles. The van der Waals surface area contributed by atoms with Crippen LogP contribution in [0.2, 0.25) is 0 Å². The zero-order chi connectivity index (χ0) is 12.3. The lowest BCUT2D eigenvalue weighted by Crippen LogP contribution is -2.27. The van der Waals surface area contributed by atoms with Crippen LogP contribution < -0.4 is 0 Å². The number of carbonyl (C=O) groups is 1. The Kier molecular flexibility index (Phi) is 3.71. The van der Waals surface area contributed by atoms with Gasteiger partial charge < -0.3 is 0 Å². The average molecular weight is 262 g/mol. The number of aromatic nitrogens is 1. The normalized spacial score (nSPS) is 17.9. The Bertz CT molecular complexity index is 496. The summed E-state index contributed by atoms with van der Waals surface area (Å²) in [6.07, 6.45) is 6.87. The summed E-state index contributed by atoms with van der Waals surface area (Å²) in [5, 5.41) is 0. The van der Waals surface area contributed by atoms with Crippen molar-refractivity contribution in [2.24, 2.45) is 0 Å². The minimum absolute atomic E-state index is 0.0660. The first-order valence-electron chi connectivity index (χ1n) is 4.98. The third kappa shape index (κ3) is 2.62. The van der Waals surface area contributed by atoms with Crippen molar-refractivity contribution < 1.29 is 4.79 Å². The van der Waals surface area contributed by atoms with Gasteiger partial charge in [0.25, 0.3) is 5.91 Å². The fourth-order valence-corrected chi connectivity index (χ4v) is 2.67. The van der Waals surface area contributed by atoms with E-state index in [1.165, 1.54) is 16.7 Å². The van der Waals surface area contributed by atoms with Gasteiger partial charge in [0.2, 0.25) is 0 Å². The van der Waals surface area contributed by atoms with Gasteiger partial charge in [0.1, 0.15) is 4.32 Å². The zero-order valence-electron chi connectivity index (χ0n) is 9.00. The quantitative estimate of drug-likeness (QED) is 0.476. The molecule has 3 nitrogen and oxygen atoms in total. The smallest absolute Gasteiger partial charge is 0.266 e. The molecule has 2 rings (SSSR count). The van der Waals surface area contributed by atoms with E-state index in [0.717, 1.165) is 5.56 Å². The summed E-state index contributed by atoms with van der Waals surface area (Å²) < 4.78 is 0.574. The lowest BCUT2D eigenvalue weighted by Gasteiger charge is -2.10. The first-order valence-corrected chi connectivity index (χ1v) is 6.21. The van der Waals surface area contributed by atoms with E-state index >= 15 is 0 Å². The van der Waals surface area contributed by atoms with Gasteiger partial charge in [-0.3, -0.25) is 14.7 Å². The maximum Gasteiger partial charge on any atom is 0.266 e. The number of thioether (sulfide) groups is 1. The van der Waals surface area contributed by atoms with E-state index in [-0.39, 0.29) is 5.91 Å². The number of carbonyl (C=O) groups excluding carboxylic acids is 1. The van der Waals surface area contributed by atoms with Crippen LogP contribution in [0.15, 0.2) is 42.1 Å². The highest BCUT2D eigenvalue weighted by Gasteiger charge is 2.30. The molecule has 2 heterocycles. The molecule has 5 heteroatoms. The molecule has 0 aromatic carbocycles. The number of hydrogen-bond donors (Lipinski definition) is 0. The average Bonchev–Trinajstić information content (AvgIpc) is 2.59. The summed E-state index contributed by atoms with van der Waals surface area (Å²) in [6.45, 7) is 4.06. The van der Waals surface area contributed by atoms with Crippen molar-refractivity contribution in [3.8, 4) is 0 Å². The fraction of sp³-hybridized carbons (Fsp3) is 0.0833. The molecule has 0 saturated carbocycles. The van der Waals surface area contributed by atoms with Crippen LogP contribution in [0.1, 0.15) is 5.56 Å². The van der Waals surface area contributed by atoms with Gasteiger partial charge in [0, 0.05) is 18.9 Å². The van der Waals surface area contributed by atoms with Gasteiger partial charge in [-0.15, -0.1) is 6.58 Å². The third-order valence-corrected chi connectivity index (χ3v) is 3.55. The van der Waals surface area contributed by atoms with E-state index in [2.05, 4.69) is 11.6 Å². The standard InChI is InChI=1S/C12H10N2OS2/c1-2-6-14-11(15)10(17-12(14)16)7-9-4-3-5-13-8-9/h2-5,7-8H,1,6H2. The molecular formula is C12H10N2OS2. The molecule has 1 amide bonds. The van der Waals surface area contributed by atoms with Crippen LogP contribution in [0, 0.1) is 0 Å². The number of hydrogen-bond acceptors (Lipinski definition) is 4. The third-order valence-electron chi connectivity index (χ3n) is 2.17. The molecule has 1 fully saturated rings. The van der Waals surface area contributed by atoms with Crippen molar-refractivity contribution in [1.29, 1.82) is 0 Å². The van der Waals surface area contributed by atoms with E-state index in [9.17, 15) is 4.79 Å². The van der Waals surface area contributed by atoms with Crippen molar-refractivity contribution in [2.75, 3.05) is 6.54 Å². The molecule has 0 spiro atoms. The Balaban J connectivity index is 2.25. The van der Waals surface area contributed by atoms with Crippen LogP contribution in [0.4, 0.5) is 0 Å². The number of thiocarbonyl (C=S) groups is 1. The topological polar surface area (TPSA) is 33.2 Å². The van der Waals surface area contributed by atoms with E-state index in [0.29, 0.717) is 15.8 Å². The molecule has 1 aliphatic rings. The molecular weight excluding hydrogens is 252 g/mol. The summed E-state index contributed by atoms with van der Waals surface area (Å²) in [5.41, 5.74) is 0.895. The molecule has 17 heavy (non-hydrogen) atoms. The Morgan fingerprint density at radius 2 is 2.41 bits per heavy atom. The molecule has 1 aromatic heterocycles. The zero-order valence-corrected chi connectivity index (χ0v) is 10.6. The number of amides is 1. The van der Waals surface area contributed by atoms with Gasteiger partial charge in [-0.1, -0.05) is 36.1 Å². The van der Waals surface area contributed by atoms with Crippen LogP contribution in [0.3, 0.4) is 0 Å². The second-order valence-corrected chi connectivity index (χ2v) is 5.04. The van der Waals surface area contributed by atoms with Crippen molar-refractivity contribution in [3.63, 3.8) is 0 Å². The van der Waals surface area contributed by atoms with Crippen LogP contribution in [-0.2, 0) is 4.79 Å². The predicted molar refractivity (Wildman–Crippen MR) is 74.3 cm³/mol. The SMILES string of the molecule is C=CCN1C(=O)C(=Cc2cccnc2)SC1=S.